The number of amides is 1. The van der Waals surface area contributed by atoms with Crippen LogP contribution in [0.15, 0.2) is 65.7 Å². The molecule has 1 amide bonds. The molecule has 0 saturated heterocycles. The van der Waals surface area contributed by atoms with Gasteiger partial charge in [-0.1, -0.05) is 72.4 Å². The summed E-state index contributed by atoms with van der Waals surface area (Å²) in [5.74, 6) is -0.281. The molecule has 29 heavy (non-hydrogen) atoms. The summed E-state index contributed by atoms with van der Waals surface area (Å²) in [5, 5.41) is 5.43. The van der Waals surface area contributed by atoms with E-state index in [4.69, 9.17) is 0 Å². The summed E-state index contributed by atoms with van der Waals surface area (Å²) in [6.45, 7) is 1.86. The molecule has 0 bridgehead atoms. The molecule has 2 N–H and O–H groups in total. The van der Waals surface area contributed by atoms with E-state index in [9.17, 15) is 18.0 Å². The Hall–Kier alpha value is -2.48. The summed E-state index contributed by atoms with van der Waals surface area (Å²) in [4.78, 5) is 16.7. The maximum Gasteiger partial charge on any atom is 0.408 e. The Bertz CT molecular complexity index is 843. The van der Waals surface area contributed by atoms with Crippen molar-refractivity contribution in [1.29, 1.82) is 0 Å². The molecule has 3 atom stereocenters. The third-order valence-corrected chi connectivity index (χ3v) is 5.53. The second kappa shape index (κ2) is 9.35. The zero-order valence-corrected chi connectivity index (χ0v) is 16.6. The Morgan fingerprint density at radius 1 is 1.17 bits per heavy atom. The molecule has 1 aliphatic heterocycles. The minimum atomic E-state index is -4.39. The van der Waals surface area contributed by atoms with Gasteiger partial charge in [-0.2, -0.15) is 13.2 Å². The summed E-state index contributed by atoms with van der Waals surface area (Å²) in [5.41, 5.74) is 1.68. The standard InChI is InChI=1S/C21H22F3N3OS/c1-14(15-8-4-2-5-9-15)25-19(28)13-29-20-26-17(16-10-6-3-7-11-16)12-18(27-20)21(22,23)24/h2-11,14,17-18H,12-13H2,1H3,(H,25,28)(H,26,27)/t14-,17-,18+/m0/s1. The summed E-state index contributed by atoms with van der Waals surface area (Å²) in [6, 6.07) is 15.9. The zero-order valence-electron chi connectivity index (χ0n) is 15.8. The number of amidine groups is 1. The van der Waals surface area contributed by atoms with Crippen molar-refractivity contribution in [2.24, 2.45) is 4.99 Å². The molecule has 0 unspecified atom stereocenters. The molecule has 8 heteroatoms. The number of carbonyl (C=O) groups is 1. The van der Waals surface area contributed by atoms with Gasteiger partial charge in [0.1, 0.15) is 6.04 Å². The lowest BCUT2D eigenvalue weighted by Crippen LogP contribution is -2.48. The first-order valence-corrected chi connectivity index (χ1v) is 10.2. The molecule has 1 heterocycles. The molecule has 2 aromatic rings. The van der Waals surface area contributed by atoms with E-state index in [0.29, 0.717) is 0 Å². The van der Waals surface area contributed by atoms with Gasteiger partial charge in [-0.05, 0) is 18.1 Å². The molecular formula is C21H22F3N3OS. The first-order valence-electron chi connectivity index (χ1n) is 9.26. The molecule has 0 spiro atoms. The lowest BCUT2D eigenvalue weighted by atomic mass is 9.98. The highest BCUT2D eigenvalue weighted by molar-refractivity contribution is 8.14. The first kappa shape index (κ1) is 21.2. The van der Waals surface area contributed by atoms with Crippen LogP contribution < -0.4 is 10.6 Å². The molecule has 0 aromatic heterocycles. The van der Waals surface area contributed by atoms with Gasteiger partial charge < -0.3 is 10.6 Å². The molecule has 0 fully saturated rings. The minimum absolute atomic E-state index is 0.0188. The number of rotatable bonds is 5. The number of nitrogens with one attached hydrogen (secondary N) is 2. The van der Waals surface area contributed by atoms with Crippen molar-refractivity contribution in [3.8, 4) is 0 Å². The molecule has 0 radical (unpaired) electrons. The van der Waals surface area contributed by atoms with Gasteiger partial charge in [0.2, 0.25) is 5.91 Å². The fourth-order valence-corrected chi connectivity index (χ4v) is 3.86. The predicted octanol–water partition coefficient (Wildman–Crippen LogP) is 4.62. The smallest absolute Gasteiger partial charge is 0.353 e. The van der Waals surface area contributed by atoms with Crippen LogP contribution in [0.5, 0.6) is 0 Å². The first-order chi connectivity index (χ1) is 13.8. The van der Waals surface area contributed by atoms with E-state index in [-0.39, 0.29) is 29.3 Å². The van der Waals surface area contributed by atoms with Gasteiger partial charge in [-0.3, -0.25) is 9.79 Å². The SMILES string of the molecule is C[C@H](NC(=O)CSC1=N[C@H](c2ccccc2)C[C@H](C(F)(F)F)N1)c1ccccc1. The molecule has 3 rings (SSSR count). The number of hydrogen-bond donors (Lipinski definition) is 2. The van der Waals surface area contributed by atoms with Gasteiger partial charge in [0.05, 0.1) is 17.8 Å². The van der Waals surface area contributed by atoms with Crippen LogP contribution in [0.2, 0.25) is 0 Å². The lowest BCUT2D eigenvalue weighted by molar-refractivity contribution is -0.155. The predicted molar refractivity (Wildman–Crippen MR) is 110 cm³/mol. The van der Waals surface area contributed by atoms with Crippen molar-refractivity contribution in [3.05, 3.63) is 71.8 Å². The van der Waals surface area contributed by atoms with Crippen LogP contribution in [0.3, 0.4) is 0 Å². The van der Waals surface area contributed by atoms with Crippen LogP contribution in [-0.4, -0.2) is 29.0 Å². The fraction of sp³-hybridized carbons (Fsp3) is 0.333. The number of aliphatic imine (C=N–C) groups is 1. The third kappa shape index (κ3) is 6.00. The van der Waals surface area contributed by atoms with E-state index in [2.05, 4.69) is 15.6 Å². The second-order valence-electron chi connectivity index (χ2n) is 6.82. The van der Waals surface area contributed by atoms with Gasteiger partial charge in [-0.25, -0.2) is 0 Å². The van der Waals surface area contributed by atoms with Crippen LogP contribution in [0.4, 0.5) is 13.2 Å². The van der Waals surface area contributed by atoms with E-state index < -0.39 is 18.3 Å². The van der Waals surface area contributed by atoms with Gasteiger partial charge in [0.25, 0.3) is 0 Å². The highest BCUT2D eigenvalue weighted by atomic mass is 32.2. The van der Waals surface area contributed by atoms with Crippen LogP contribution in [0, 0.1) is 0 Å². The van der Waals surface area contributed by atoms with Gasteiger partial charge in [-0.15, -0.1) is 0 Å². The summed E-state index contributed by atoms with van der Waals surface area (Å²) in [7, 11) is 0. The fourth-order valence-electron chi connectivity index (χ4n) is 3.09. The van der Waals surface area contributed by atoms with Crippen molar-refractivity contribution in [2.45, 2.75) is 37.6 Å². The maximum absolute atomic E-state index is 13.4. The Morgan fingerprint density at radius 2 is 1.79 bits per heavy atom. The number of halogens is 3. The normalized spacial score (nSPS) is 20.3. The lowest BCUT2D eigenvalue weighted by Gasteiger charge is -2.31. The Balaban J connectivity index is 1.64. The van der Waals surface area contributed by atoms with Gasteiger partial charge in [0.15, 0.2) is 5.17 Å². The number of carbonyl (C=O) groups excluding carboxylic acids is 1. The monoisotopic (exact) mass is 421 g/mol. The molecule has 0 aliphatic carbocycles. The summed E-state index contributed by atoms with van der Waals surface area (Å²) < 4.78 is 40.1. The van der Waals surface area contributed by atoms with Gasteiger partial charge >= 0.3 is 6.18 Å². The number of alkyl halides is 3. The van der Waals surface area contributed by atoms with E-state index >= 15 is 0 Å². The van der Waals surface area contributed by atoms with E-state index in [1.807, 2.05) is 43.3 Å². The highest BCUT2D eigenvalue weighted by Gasteiger charge is 2.43. The zero-order chi connectivity index (χ0) is 20.9. The third-order valence-electron chi connectivity index (χ3n) is 4.63. The summed E-state index contributed by atoms with van der Waals surface area (Å²) >= 11 is 0.988. The number of benzene rings is 2. The molecule has 154 valence electrons. The quantitative estimate of drug-likeness (QED) is 0.741. The van der Waals surface area contributed by atoms with Gasteiger partial charge in [0, 0.05) is 6.42 Å². The maximum atomic E-state index is 13.4. The summed E-state index contributed by atoms with van der Waals surface area (Å²) in [6.07, 6.45) is -4.56. The van der Waals surface area contributed by atoms with Crippen LogP contribution in [0.25, 0.3) is 0 Å². The Labute approximate surface area is 172 Å². The Kier molecular flexibility index (Phi) is 6.84. The molecule has 4 nitrogen and oxygen atoms in total. The molecule has 2 aromatic carbocycles. The Morgan fingerprint density at radius 3 is 2.41 bits per heavy atom. The minimum Gasteiger partial charge on any atom is -0.353 e. The number of thioether (sulfide) groups is 1. The number of hydrogen-bond acceptors (Lipinski definition) is 4. The van der Waals surface area contributed by atoms with Crippen molar-refractivity contribution in [2.75, 3.05) is 5.75 Å². The van der Waals surface area contributed by atoms with Crippen molar-refractivity contribution < 1.29 is 18.0 Å². The van der Waals surface area contributed by atoms with Crippen LogP contribution in [0.1, 0.15) is 36.6 Å². The van der Waals surface area contributed by atoms with E-state index in [0.717, 1.165) is 22.9 Å². The highest BCUT2D eigenvalue weighted by Crippen LogP contribution is 2.34. The second-order valence-corrected chi connectivity index (χ2v) is 7.79. The van der Waals surface area contributed by atoms with E-state index in [1.54, 1.807) is 24.3 Å². The van der Waals surface area contributed by atoms with Crippen LogP contribution >= 0.6 is 11.8 Å². The topological polar surface area (TPSA) is 53.5 Å². The van der Waals surface area contributed by atoms with E-state index in [1.165, 1.54) is 0 Å². The average Bonchev–Trinajstić information content (AvgIpc) is 2.72. The molecule has 0 saturated carbocycles. The molecule has 1 aliphatic rings. The van der Waals surface area contributed by atoms with Crippen molar-refractivity contribution in [3.63, 3.8) is 0 Å². The average molecular weight is 421 g/mol. The largest absolute Gasteiger partial charge is 0.408 e. The number of nitrogens with zero attached hydrogens (tertiary/aromatic N) is 1. The molecular weight excluding hydrogens is 399 g/mol. The van der Waals surface area contributed by atoms with Crippen molar-refractivity contribution in [1.82, 2.24) is 10.6 Å². The van der Waals surface area contributed by atoms with Crippen molar-refractivity contribution >= 4 is 22.8 Å². The van der Waals surface area contributed by atoms with Crippen LogP contribution in [-0.2, 0) is 4.79 Å².